The minimum Gasteiger partial charge on any atom is -0.422 e. The fourth-order valence-corrected chi connectivity index (χ4v) is 2.00. The Bertz CT molecular complexity index is 911. The van der Waals surface area contributed by atoms with Crippen LogP contribution < -0.4 is 10.2 Å². The number of aromatic nitrogens is 2. The predicted octanol–water partition coefficient (Wildman–Crippen LogP) is 2.46. The number of amides is 1. The number of esters is 1. The normalized spacial score (nSPS) is 10.5. The summed E-state index contributed by atoms with van der Waals surface area (Å²) >= 11 is 0. The average molecular weight is 346 g/mol. The Hall–Kier alpha value is -3.87. The molecule has 0 aliphatic carbocycles. The molecule has 0 unspecified atom stereocenters. The summed E-state index contributed by atoms with van der Waals surface area (Å²) < 4.78 is 5.23. The molecule has 3 aromatic rings. The molecule has 3 rings (SSSR count). The van der Waals surface area contributed by atoms with Crippen molar-refractivity contribution < 1.29 is 14.3 Å². The van der Waals surface area contributed by atoms with Gasteiger partial charge in [-0.15, -0.1) is 0 Å². The van der Waals surface area contributed by atoms with Gasteiger partial charge in [0.05, 0.1) is 6.21 Å². The molecule has 0 saturated carbocycles. The van der Waals surface area contributed by atoms with Crippen LogP contribution in [0.25, 0.3) is 0 Å². The first-order chi connectivity index (χ1) is 12.7. The van der Waals surface area contributed by atoms with Gasteiger partial charge in [0, 0.05) is 24.2 Å². The Kier molecular flexibility index (Phi) is 5.41. The van der Waals surface area contributed by atoms with E-state index in [0.29, 0.717) is 11.3 Å². The van der Waals surface area contributed by atoms with Crippen LogP contribution in [0.15, 0.2) is 78.3 Å². The van der Waals surface area contributed by atoms with Crippen LogP contribution in [-0.4, -0.2) is 28.1 Å². The van der Waals surface area contributed by atoms with E-state index in [1.165, 1.54) is 24.8 Å². The van der Waals surface area contributed by atoms with Gasteiger partial charge in [0.2, 0.25) is 0 Å². The van der Waals surface area contributed by atoms with E-state index >= 15 is 0 Å². The molecule has 2 heterocycles. The first kappa shape index (κ1) is 17.0. The molecule has 0 aliphatic heterocycles. The summed E-state index contributed by atoms with van der Waals surface area (Å²) in [6.45, 7) is 0. The molecule has 7 heteroatoms. The molecular formula is C19H14N4O3. The van der Waals surface area contributed by atoms with Crippen molar-refractivity contribution in [2.45, 2.75) is 0 Å². The second-order valence-corrected chi connectivity index (χ2v) is 5.11. The van der Waals surface area contributed by atoms with Crippen molar-refractivity contribution in [2.75, 3.05) is 0 Å². The first-order valence-electron chi connectivity index (χ1n) is 7.69. The summed E-state index contributed by atoms with van der Waals surface area (Å²) in [6.07, 6.45) is 6.08. The number of carbonyl (C=O) groups is 2. The van der Waals surface area contributed by atoms with Gasteiger partial charge in [-0.2, -0.15) is 5.10 Å². The van der Waals surface area contributed by atoms with Gasteiger partial charge in [0.25, 0.3) is 5.91 Å². The summed E-state index contributed by atoms with van der Waals surface area (Å²) in [7, 11) is 0. The minimum absolute atomic E-state index is 0.233. The van der Waals surface area contributed by atoms with Gasteiger partial charge < -0.3 is 4.74 Å². The summed E-state index contributed by atoms with van der Waals surface area (Å²) in [4.78, 5) is 31.5. The van der Waals surface area contributed by atoms with E-state index in [-0.39, 0.29) is 11.6 Å². The molecule has 1 aromatic carbocycles. The third-order valence-electron chi connectivity index (χ3n) is 3.29. The molecular weight excluding hydrogens is 332 g/mol. The topological polar surface area (TPSA) is 93.5 Å². The number of benzene rings is 1. The van der Waals surface area contributed by atoms with Crippen LogP contribution in [-0.2, 0) is 0 Å². The molecule has 0 saturated heterocycles. The summed E-state index contributed by atoms with van der Waals surface area (Å²) in [6, 6.07) is 14.9. The maximum Gasteiger partial charge on any atom is 0.362 e. The van der Waals surface area contributed by atoms with Gasteiger partial charge in [-0.05, 0) is 54.1 Å². The lowest BCUT2D eigenvalue weighted by molar-refractivity contribution is 0.0728. The Morgan fingerprint density at radius 3 is 2.42 bits per heavy atom. The monoisotopic (exact) mass is 346 g/mol. The smallest absolute Gasteiger partial charge is 0.362 e. The van der Waals surface area contributed by atoms with E-state index < -0.39 is 5.97 Å². The largest absolute Gasteiger partial charge is 0.422 e. The van der Waals surface area contributed by atoms with Crippen molar-refractivity contribution in [3.8, 4) is 5.75 Å². The summed E-state index contributed by atoms with van der Waals surface area (Å²) in [5.74, 6) is -0.472. The Balaban J connectivity index is 1.56. The third kappa shape index (κ3) is 4.57. The van der Waals surface area contributed by atoms with E-state index in [4.69, 9.17) is 4.74 Å². The third-order valence-corrected chi connectivity index (χ3v) is 3.29. The van der Waals surface area contributed by atoms with Crippen LogP contribution in [0.2, 0.25) is 0 Å². The van der Waals surface area contributed by atoms with Crippen LogP contribution in [0.3, 0.4) is 0 Å². The van der Waals surface area contributed by atoms with E-state index in [9.17, 15) is 9.59 Å². The van der Waals surface area contributed by atoms with Crippen molar-refractivity contribution in [1.29, 1.82) is 0 Å². The molecule has 7 nitrogen and oxygen atoms in total. The Labute approximate surface area is 149 Å². The number of rotatable bonds is 5. The number of nitrogens with one attached hydrogen (secondary N) is 1. The van der Waals surface area contributed by atoms with Gasteiger partial charge >= 0.3 is 5.97 Å². The number of carbonyl (C=O) groups excluding carboxylic acids is 2. The van der Waals surface area contributed by atoms with Gasteiger partial charge in [-0.1, -0.05) is 6.07 Å². The zero-order valence-corrected chi connectivity index (χ0v) is 13.6. The number of pyridine rings is 2. The second kappa shape index (κ2) is 8.29. The molecule has 1 N–H and O–H groups in total. The lowest BCUT2D eigenvalue weighted by atomic mass is 10.2. The van der Waals surface area contributed by atoms with E-state index in [1.54, 1.807) is 54.6 Å². The van der Waals surface area contributed by atoms with Crippen molar-refractivity contribution in [3.63, 3.8) is 0 Å². The van der Waals surface area contributed by atoms with E-state index in [2.05, 4.69) is 20.5 Å². The number of hydrogen-bond acceptors (Lipinski definition) is 6. The number of nitrogens with zero attached hydrogens (tertiary/aromatic N) is 3. The highest BCUT2D eigenvalue weighted by Gasteiger charge is 2.09. The number of hydrazone groups is 1. The van der Waals surface area contributed by atoms with Gasteiger partial charge in [0.1, 0.15) is 11.4 Å². The van der Waals surface area contributed by atoms with Crippen LogP contribution in [0.1, 0.15) is 26.4 Å². The van der Waals surface area contributed by atoms with Crippen molar-refractivity contribution in [1.82, 2.24) is 15.4 Å². The molecule has 0 fully saturated rings. The zero-order valence-electron chi connectivity index (χ0n) is 13.6. The first-order valence-corrected chi connectivity index (χ1v) is 7.69. The molecule has 0 aliphatic rings. The highest BCUT2D eigenvalue weighted by molar-refractivity contribution is 5.94. The van der Waals surface area contributed by atoms with Crippen LogP contribution >= 0.6 is 0 Å². The van der Waals surface area contributed by atoms with Crippen LogP contribution in [0.5, 0.6) is 5.75 Å². The van der Waals surface area contributed by atoms with Crippen LogP contribution in [0, 0.1) is 0 Å². The lowest BCUT2D eigenvalue weighted by Crippen LogP contribution is -2.17. The molecule has 0 bridgehead atoms. The second-order valence-electron chi connectivity index (χ2n) is 5.11. The lowest BCUT2D eigenvalue weighted by Gasteiger charge is -2.03. The quantitative estimate of drug-likeness (QED) is 0.331. The minimum atomic E-state index is -0.531. The average Bonchev–Trinajstić information content (AvgIpc) is 2.70. The summed E-state index contributed by atoms with van der Waals surface area (Å²) in [5.41, 5.74) is 3.86. The molecule has 0 atom stereocenters. The maximum atomic E-state index is 11.9. The molecule has 0 radical (unpaired) electrons. The highest BCUT2D eigenvalue weighted by Crippen LogP contribution is 2.13. The Morgan fingerprint density at radius 2 is 1.73 bits per heavy atom. The standard InChI is InChI=1S/C19H14N4O3/c24-18(15-8-11-20-12-9-15)23-22-13-14-4-6-16(7-5-14)26-19(25)17-3-1-2-10-21-17/h1-13H,(H,23,24). The molecule has 1 amide bonds. The molecule has 128 valence electrons. The van der Waals surface area contributed by atoms with Crippen molar-refractivity contribution in [2.24, 2.45) is 5.10 Å². The number of ether oxygens (including phenoxy) is 1. The van der Waals surface area contributed by atoms with E-state index in [1.807, 2.05) is 0 Å². The number of hydrogen-bond donors (Lipinski definition) is 1. The maximum absolute atomic E-state index is 11.9. The SMILES string of the molecule is O=C(NN=Cc1ccc(OC(=O)c2ccccn2)cc1)c1ccncc1. The molecule has 26 heavy (non-hydrogen) atoms. The molecule has 2 aromatic heterocycles. The van der Waals surface area contributed by atoms with Gasteiger partial charge in [-0.25, -0.2) is 15.2 Å². The fourth-order valence-electron chi connectivity index (χ4n) is 2.00. The van der Waals surface area contributed by atoms with Gasteiger partial charge in [-0.3, -0.25) is 9.78 Å². The van der Waals surface area contributed by atoms with Crippen molar-refractivity contribution in [3.05, 3.63) is 90.0 Å². The predicted molar refractivity (Wildman–Crippen MR) is 94.9 cm³/mol. The van der Waals surface area contributed by atoms with Crippen LogP contribution in [0.4, 0.5) is 0 Å². The Morgan fingerprint density at radius 1 is 0.962 bits per heavy atom. The van der Waals surface area contributed by atoms with Crippen molar-refractivity contribution >= 4 is 18.1 Å². The fraction of sp³-hybridized carbons (Fsp3) is 0. The van der Waals surface area contributed by atoms with Gasteiger partial charge in [0.15, 0.2) is 0 Å². The highest BCUT2D eigenvalue weighted by atomic mass is 16.5. The zero-order chi connectivity index (χ0) is 18.2. The van der Waals surface area contributed by atoms with E-state index in [0.717, 1.165) is 5.56 Å². The summed E-state index contributed by atoms with van der Waals surface area (Å²) in [5, 5.41) is 3.89. The molecule has 0 spiro atoms.